The van der Waals surface area contributed by atoms with Crippen LogP contribution in [0.25, 0.3) is 0 Å². The van der Waals surface area contributed by atoms with Gasteiger partial charge in [0, 0.05) is 5.56 Å². The molecule has 2 N–H and O–H groups in total. The molecule has 116 valence electrons. The lowest BCUT2D eigenvalue weighted by Crippen LogP contribution is -2.41. The van der Waals surface area contributed by atoms with E-state index in [2.05, 4.69) is 12.2 Å². The molecule has 0 radical (unpaired) electrons. The number of carboxylic acid groups (broad SMARTS) is 1. The highest BCUT2D eigenvalue weighted by Gasteiger charge is 2.21. The molecule has 0 unspecified atom stereocenters. The second kappa shape index (κ2) is 9.45. The zero-order valence-corrected chi connectivity index (χ0v) is 13.4. The van der Waals surface area contributed by atoms with Crippen molar-refractivity contribution < 1.29 is 14.7 Å². The van der Waals surface area contributed by atoms with Crippen molar-refractivity contribution in [3.63, 3.8) is 0 Å². The molecule has 1 aromatic rings. The van der Waals surface area contributed by atoms with E-state index in [9.17, 15) is 14.7 Å². The summed E-state index contributed by atoms with van der Waals surface area (Å²) >= 11 is 1.57. The molecule has 5 heteroatoms. The van der Waals surface area contributed by atoms with Gasteiger partial charge >= 0.3 is 5.97 Å². The van der Waals surface area contributed by atoms with Gasteiger partial charge in [0.25, 0.3) is 5.91 Å². The maximum absolute atomic E-state index is 12.3. The van der Waals surface area contributed by atoms with Gasteiger partial charge in [0.1, 0.15) is 6.04 Å². The minimum absolute atomic E-state index is 0.296. The van der Waals surface area contributed by atoms with Crippen molar-refractivity contribution in [2.24, 2.45) is 0 Å². The summed E-state index contributed by atoms with van der Waals surface area (Å²) in [6.07, 6.45) is 5.25. The highest BCUT2D eigenvalue weighted by Crippen LogP contribution is 2.13. The predicted octanol–water partition coefficient (Wildman–Crippen LogP) is 2.97. The van der Waals surface area contributed by atoms with Crippen LogP contribution in [0.5, 0.6) is 0 Å². The van der Waals surface area contributed by atoms with Crippen LogP contribution in [0.3, 0.4) is 0 Å². The molecule has 0 aliphatic carbocycles. The summed E-state index contributed by atoms with van der Waals surface area (Å²) in [5.41, 5.74) is 1.56. The van der Waals surface area contributed by atoms with Crippen molar-refractivity contribution in [2.75, 3.05) is 12.0 Å². The van der Waals surface area contributed by atoms with Gasteiger partial charge in [0.2, 0.25) is 0 Å². The highest BCUT2D eigenvalue weighted by molar-refractivity contribution is 7.98. The van der Waals surface area contributed by atoms with Gasteiger partial charge in [0.15, 0.2) is 0 Å². The Labute approximate surface area is 130 Å². The van der Waals surface area contributed by atoms with Crippen molar-refractivity contribution in [1.82, 2.24) is 5.32 Å². The number of hydrogen-bond donors (Lipinski definition) is 2. The maximum atomic E-state index is 12.3. The largest absolute Gasteiger partial charge is 0.480 e. The molecular weight excluding hydrogens is 286 g/mol. The van der Waals surface area contributed by atoms with E-state index >= 15 is 0 Å². The maximum Gasteiger partial charge on any atom is 0.326 e. The summed E-state index contributed by atoms with van der Waals surface area (Å²) in [7, 11) is 0. The van der Waals surface area contributed by atoms with E-state index < -0.39 is 12.0 Å². The van der Waals surface area contributed by atoms with Crippen LogP contribution < -0.4 is 5.32 Å². The van der Waals surface area contributed by atoms with Crippen LogP contribution in [0.1, 0.15) is 42.1 Å². The number of aryl methyl sites for hydroxylation is 1. The molecule has 0 bridgehead atoms. The number of rotatable bonds is 9. The molecule has 1 atom stereocenters. The Morgan fingerprint density at radius 2 is 2.05 bits per heavy atom. The molecule has 0 fully saturated rings. The number of carboxylic acids is 1. The second-order valence-corrected chi connectivity index (χ2v) is 5.89. The number of carbonyl (C=O) groups excluding carboxylic acids is 1. The Balaban J connectivity index is 2.79. The lowest BCUT2D eigenvalue weighted by molar-refractivity contribution is -0.139. The Morgan fingerprint density at radius 1 is 1.33 bits per heavy atom. The van der Waals surface area contributed by atoms with Gasteiger partial charge in [-0.25, -0.2) is 4.79 Å². The van der Waals surface area contributed by atoms with Crippen molar-refractivity contribution >= 4 is 23.6 Å². The van der Waals surface area contributed by atoms with Crippen molar-refractivity contribution in [1.29, 1.82) is 0 Å². The monoisotopic (exact) mass is 309 g/mol. The van der Waals surface area contributed by atoms with Crippen LogP contribution >= 0.6 is 11.8 Å². The molecule has 1 rings (SSSR count). The first-order valence-corrected chi connectivity index (χ1v) is 8.60. The van der Waals surface area contributed by atoms with E-state index in [4.69, 9.17) is 0 Å². The van der Waals surface area contributed by atoms with E-state index in [1.54, 1.807) is 17.8 Å². The molecule has 0 heterocycles. The Kier molecular flexibility index (Phi) is 7.90. The zero-order chi connectivity index (χ0) is 15.7. The van der Waals surface area contributed by atoms with Gasteiger partial charge in [-0.05, 0) is 42.9 Å². The SMILES string of the molecule is CCCCc1ccccc1C(=O)N[C@@H](CCSC)C(=O)O. The number of amides is 1. The third kappa shape index (κ3) is 5.79. The van der Waals surface area contributed by atoms with E-state index in [0.29, 0.717) is 17.7 Å². The van der Waals surface area contributed by atoms with Crippen LogP contribution in [-0.2, 0) is 11.2 Å². The summed E-state index contributed by atoms with van der Waals surface area (Å²) < 4.78 is 0. The van der Waals surface area contributed by atoms with Crippen LogP contribution in [0.4, 0.5) is 0 Å². The minimum Gasteiger partial charge on any atom is -0.480 e. The first-order valence-electron chi connectivity index (χ1n) is 7.20. The summed E-state index contributed by atoms with van der Waals surface area (Å²) in [6, 6.07) is 6.58. The van der Waals surface area contributed by atoms with Gasteiger partial charge in [-0.3, -0.25) is 4.79 Å². The summed E-state index contributed by atoms with van der Waals surface area (Å²) in [6.45, 7) is 2.10. The van der Waals surface area contributed by atoms with Crippen molar-refractivity contribution in [3.8, 4) is 0 Å². The van der Waals surface area contributed by atoms with Gasteiger partial charge in [-0.2, -0.15) is 11.8 Å². The first-order chi connectivity index (χ1) is 10.1. The Morgan fingerprint density at radius 3 is 2.67 bits per heavy atom. The van der Waals surface area contributed by atoms with Gasteiger partial charge in [0.05, 0.1) is 0 Å². The number of carbonyl (C=O) groups is 2. The molecule has 4 nitrogen and oxygen atoms in total. The summed E-state index contributed by atoms with van der Waals surface area (Å²) in [5.74, 6) is -0.576. The lowest BCUT2D eigenvalue weighted by atomic mass is 10.0. The fourth-order valence-electron chi connectivity index (χ4n) is 2.06. The average Bonchev–Trinajstić information content (AvgIpc) is 2.49. The quantitative estimate of drug-likeness (QED) is 0.736. The Bertz CT molecular complexity index is 476. The number of benzene rings is 1. The van der Waals surface area contributed by atoms with Gasteiger partial charge in [-0.1, -0.05) is 31.5 Å². The predicted molar refractivity (Wildman–Crippen MR) is 86.9 cm³/mol. The van der Waals surface area contributed by atoms with Crippen LogP contribution in [0, 0.1) is 0 Å². The van der Waals surface area contributed by atoms with E-state index in [1.807, 2.05) is 24.5 Å². The Hall–Kier alpha value is -1.49. The molecule has 0 aliphatic heterocycles. The molecule has 0 saturated heterocycles. The van der Waals surface area contributed by atoms with E-state index in [0.717, 1.165) is 24.8 Å². The van der Waals surface area contributed by atoms with Crippen LogP contribution in [0.15, 0.2) is 24.3 Å². The molecule has 0 aliphatic rings. The summed E-state index contributed by atoms with van der Waals surface area (Å²) in [5, 5.41) is 11.8. The molecule has 0 saturated carbocycles. The third-order valence-corrected chi connectivity index (χ3v) is 3.92. The number of aliphatic carboxylic acids is 1. The fourth-order valence-corrected chi connectivity index (χ4v) is 2.53. The minimum atomic E-state index is -0.983. The molecule has 1 amide bonds. The average molecular weight is 309 g/mol. The van der Waals surface area contributed by atoms with Crippen molar-refractivity contribution in [3.05, 3.63) is 35.4 Å². The number of hydrogen-bond acceptors (Lipinski definition) is 3. The van der Waals surface area contributed by atoms with Crippen molar-refractivity contribution in [2.45, 2.75) is 38.6 Å². The molecule has 0 aromatic heterocycles. The van der Waals surface area contributed by atoms with E-state index in [1.165, 1.54) is 0 Å². The number of nitrogens with one attached hydrogen (secondary N) is 1. The standard InChI is InChI=1S/C16H23NO3S/c1-3-4-7-12-8-5-6-9-13(12)15(18)17-14(16(19)20)10-11-21-2/h5-6,8-9,14H,3-4,7,10-11H2,1-2H3,(H,17,18)(H,19,20)/t14-/m0/s1. The first kappa shape index (κ1) is 17.6. The normalized spacial score (nSPS) is 11.9. The third-order valence-electron chi connectivity index (χ3n) is 3.28. The highest BCUT2D eigenvalue weighted by atomic mass is 32.2. The van der Waals surface area contributed by atoms with Gasteiger partial charge in [-0.15, -0.1) is 0 Å². The number of thioether (sulfide) groups is 1. The van der Waals surface area contributed by atoms with Crippen LogP contribution in [0.2, 0.25) is 0 Å². The van der Waals surface area contributed by atoms with E-state index in [-0.39, 0.29) is 5.91 Å². The smallest absolute Gasteiger partial charge is 0.326 e. The molecule has 1 aromatic carbocycles. The second-order valence-electron chi connectivity index (χ2n) is 4.91. The topological polar surface area (TPSA) is 66.4 Å². The number of unbranched alkanes of at least 4 members (excludes halogenated alkanes) is 1. The fraction of sp³-hybridized carbons (Fsp3) is 0.500. The molecule has 0 spiro atoms. The zero-order valence-electron chi connectivity index (χ0n) is 12.6. The molecule has 21 heavy (non-hydrogen) atoms. The van der Waals surface area contributed by atoms with Gasteiger partial charge < -0.3 is 10.4 Å². The van der Waals surface area contributed by atoms with Crippen LogP contribution in [-0.4, -0.2) is 35.0 Å². The lowest BCUT2D eigenvalue weighted by Gasteiger charge is -2.15. The summed E-state index contributed by atoms with van der Waals surface area (Å²) in [4.78, 5) is 23.5. The molecular formula is C16H23NO3S.